The smallest absolute Gasteiger partial charge is 0.338 e. The summed E-state index contributed by atoms with van der Waals surface area (Å²) in [6, 6.07) is 13.2. The minimum atomic E-state index is -0.761. The van der Waals surface area contributed by atoms with E-state index in [-0.39, 0.29) is 23.2 Å². The predicted molar refractivity (Wildman–Crippen MR) is 119 cm³/mol. The highest BCUT2D eigenvalue weighted by Crippen LogP contribution is 2.31. The zero-order chi connectivity index (χ0) is 23.7. The second-order valence-electron chi connectivity index (χ2n) is 7.90. The van der Waals surface area contributed by atoms with Crippen molar-refractivity contribution >= 4 is 29.4 Å². The SMILES string of the molecule is Cc1ccc(C)c(N2C(=O)c3ccc(C(=O)OCC(=O)N(C)Cc4ccco4)cc3C2=O)c1. The van der Waals surface area contributed by atoms with Gasteiger partial charge in [0.25, 0.3) is 17.7 Å². The molecule has 0 fully saturated rings. The number of hydrogen-bond donors (Lipinski definition) is 0. The number of rotatable bonds is 6. The Bertz CT molecular complexity index is 1260. The van der Waals surface area contributed by atoms with Crippen molar-refractivity contribution in [1.82, 2.24) is 4.90 Å². The first-order chi connectivity index (χ1) is 15.8. The maximum absolute atomic E-state index is 13.0. The monoisotopic (exact) mass is 446 g/mol. The van der Waals surface area contributed by atoms with Gasteiger partial charge in [-0.05, 0) is 61.4 Å². The molecule has 1 aliphatic rings. The van der Waals surface area contributed by atoms with Gasteiger partial charge in [0.05, 0.1) is 35.2 Å². The van der Waals surface area contributed by atoms with Gasteiger partial charge < -0.3 is 14.1 Å². The van der Waals surface area contributed by atoms with E-state index in [1.165, 1.54) is 29.4 Å². The van der Waals surface area contributed by atoms with Crippen molar-refractivity contribution in [2.24, 2.45) is 0 Å². The summed E-state index contributed by atoms with van der Waals surface area (Å²) >= 11 is 0. The van der Waals surface area contributed by atoms with Crippen LogP contribution in [0.5, 0.6) is 0 Å². The lowest BCUT2D eigenvalue weighted by Gasteiger charge is -2.17. The van der Waals surface area contributed by atoms with E-state index >= 15 is 0 Å². The Kier molecular flexibility index (Phi) is 5.83. The average molecular weight is 446 g/mol. The number of hydrogen-bond acceptors (Lipinski definition) is 6. The normalized spacial score (nSPS) is 12.6. The van der Waals surface area contributed by atoms with E-state index in [4.69, 9.17) is 9.15 Å². The molecule has 0 aliphatic carbocycles. The first-order valence-corrected chi connectivity index (χ1v) is 10.3. The maximum Gasteiger partial charge on any atom is 0.338 e. The van der Waals surface area contributed by atoms with Crippen molar-refractivity contribution in [2.75, 3.05) is 18.6 Å². The third kappa shape index (κ3) is 4.27. The Labute approximate surface area is 190 Å². The van der Waals surface area contributed by atoms with Crippen LogP contribution in [0.25, 0.3) is 0 Å². The Hall–Kier alpha value is -4.20. The van der Waals surface area contributed by atoms with E-state index in [9.17, 15) is 19.2 Å². The van der Waals surface area contributed by atoms with Crippen LogP contribution in [0.3, 0.4) is 0 Å². The average Bonchev–Trinajstić information content (AvgIpc) is 3.39. The van der Waals surface area contributed by atoms with Crippen LogP contribution in [0, 0.1) is 13.8 Å². The topological polar surface area (TPSA) is 97.1 Å². The van der Waals surface area contributed by atoms with Crippen molar-refractivity contribution in [3.05, 3.63) is 88.4 Å². The molecule has 0 spiro atoms. The maximum atomic E-state index is 13.0. The molecule has 0 radical (unpaired) electrons. The van der Waals surface area contributed by atoms with E-state index in [0.29, 0.717) is 11.4 Å². The first-order valence-electron chi connectivity index (χ1n) is 10.3. The van der Waals surface area contributed by atoms with Crippen LogP contribution in [0.2, 0.25) is 0 Å². The standard InChI is InChI=1S/C25H22N2O6/c1-15-6-7-16(2)21(11-15)27-23(29)19-9-8-17(12-20(19)24(27)30)25(31)33-14-22(28)26(3)13-18-5-4-10-32-18/h4-12H,13-14H2,1-3H3. The van der Waals surface area contributed by atoms with Crippen molar-refractivity contribution in [3.63, 3.8) is 0 Å². The number of aryl methyl sites for hydroxylation is 2. The molecule has 1 aliphatic heterocycles. The summed E-state index contributed by atoms with van der Waals surface area (Å²) in [4.78, 5) is 53.2. The van der Waals surface area contributed by atoms with E-state index in [1.54, 1.807) is 25.2 Å². The number of nitrogens with zero attached hydrogens (tertiary/aromatic N) is 2. The lowest BCUT2D eigenvalue weighted by molar-refractivity contribution is -0.133. The number of fused-ring (bicyclic) bond motifs is 1. The molecule has 1 aromatic heterocycles. The molecule has 8 heteroatoms. The highest BCUT2D eigenvalue weighted by Gasteiger charge is 2.38. The van der Waals surface area contributed by atoms with Gasteiger partial charge >= 0.3 is 5.97 Å². The second-order valence-corrected chi connectivity index (χ2v) is 7.90. The van der Waals surface area contributed by atoms with Crippen LogP contribution in [0.1, 0.15) is 48.0 Å². The lowest BCUT2D eigenvalue weighted by Crippen LogP contribution is -2.30. The predicted octanol–water partition coefficient (Wildman–Crippen LogP) is 3.51. The number of ether oxygens (including phenoxy) is 1. The van der Waals surface area contributed by atoms with Crippen LogP contribution in [-0.2, 0) is 16.1 Å². The molecule has 3 aromatic rings. The fourth-order valence-electron chi connectivity index (χ4n) is 3.59. The third-order valence-electron chi connectivity index (χ3n) is 5.45. The first kappa shape index (κ1) is 22.0. The number of anilines is 1. The molecule has 0 N–H and O–H groups in total. The summed E-state index contributed by atoms with van der Waals surface area (Å²) in [5.74, 6) is -1.52. The van der Waals surface area contributed by atoms with Gasteiger partial charge in [-0.3, -0.25) is 14.4 Å². The van der Waals surface area contributed by atoms with Crippen molar-refractivity contribution in [1.29, 1.82) is 0 Å². The summed E-state index contributed by atoms with van der Waals surface area (Å²) in [7, 11) is 1.57. The highest BCUT2D eigenvalue weighted by atomic mass is 16.5. The number of carbonyl (C=O) groups is 4. The molecular formula is C25H22N2O6. The van der Waals surface area contributed by atoms with Crippen LogP contribution in [0.4, 0.5) is 5.69 Å². The van der Waals surface area contributed by atoms with Gasteiger partial charge in [-0.1, -0.05) is 12.1 Å². The van der Waals surface area contributed by atoms with Gasteiger partial charge in [-0.2, -0.15) is 0 Å². The lowest BCUT2D eigenvalue weighted by atomic mass is 10.1. The largest absolute Gasteiger partial charge is 0.467 e. The summed E-state index contributed by atoms with van der Waals surface area (Å²) in [5.41, 5.74) is 2.63. The van der Waals surface area contributed by atoms with Crippen LogP contribution in [0.15, 0.2) is 59.2 Å². The van der Waals surface area contributed by atoms with E-state index in [2.05, 4.69) is 0 Å². The van der Waals surface area contributed by atoms with Gasteiger partial charge in [0.2, 0.25) is 0 Å². The minimum Gasteiger partial charge on any atom is -0.467 e. The van der Waals surface area contributed by atoms with Crippen LogP contribution < -0.4 is 4.90 Å². The van der Waals surface area contributed by atoms with Crippen molar-refractivity contribution in [2.45, 2.75) is 20.4 Å². The molecule has 3 amide bonds. The molecule has 4 rings (SSSR count). The van der Waals surface area contributed by atoms with Gasteiger partial charge in [0.1, 0.15) is 5.76 Å². The molecule has 2 aromatic carbocycles. The number of amides is 3. The second kappa shape index (κ2) is 8.74. The summed E-state index contributed by atoms with van der Waals surface area (Å²) in [6.45, 7) is 3.48. The molecule has 0 atom stereocenters. The molecule has 0 unspecified atom stereocenters. The Morgan fingerprint density at radius 3 is 2.48 bits per heavy atom. The van der Waals surface area contributed by atoms with Gasteiger partial charge in [0.15, 0.2) is 6.61 Å². The van der Waals surface area contributed by atoms with Crippen LogP contribution in [-0.4, -0.2) is 42.2 Å². The molecule has 168 valence electrons. The fraction of sp³-hybridized carbons (Fsp3) is 0.200. The number of carbonyl (C=O) groups excluding carboxylic acids is 4. The number of furan rings is 1. The van der Waals surface area contributed by atoms with E-state index in [1.807, 2.05) is 26.0 Å². The molecule has 2 heterocycles. The zero-order valence-corrected chi connectivity index (χ0v) is 18.5. The molecule has 33 heavy (non-hydrogen) atoms. The van der Waals surface area contributed by atoms with E-state index < -0.39 is 30.3 Å². The zero-order valence-electron chi connectivity index (χ0n) is 18.5. The minimum absolute atomic E-state index is 0.0826. The van der Waals surface area contributed by atoms with Crippen molar-refractivity contribution < 1.29 is 28.3 Å². The quantitative estimate of drug-likeness (QED) is 0.425. The van der Waals surface area contributed by atoms with Gasteiger partial charge in [-0.15, -0.1) is 0 Å². The third-order valence-corrected chi connectivity index (χ3v) is 5.45. The number of esters is 1. The molecule has 0 saturated heterocycles. The fourth-order valence-corrected chi connectivity index (χ4v) is 3.59. The van der Waals surface area contributed by atoms with E-state index in [0.717, 1.165) is 16.0 Å². The number of imide groups is 1. The Balaban J connectivity index is 1.47. The summed E-state index contributed by atoms with van der Waals surface area (Å²) in [6.07, 6.45) is 1.51. The van der Waals surface area contributed by atoms with Gasteiger partial charge in [-0.25, -0.2) is 9.69 Å². The Morgan fingerprint density at radius 1 is 1.00 bits per heavy atom. The molecule has 0 saturated carbocycles. The van der Waals surface area contributed by atoms with Crippen molar-refractivity contribution in [3.8, 4) is 0 Å². The summed E-state index contributed by atoms with van der Waals surface area (Å²) in [5, 5.41) is 0. The number of likely N-dealkylation sites (N-methyl/N-ethyl adjacent to an activating group) is 1. The Morgan fingerprint density at radius 2 is 1.76 bits per heavy atom. The van der Waals surface area contributed by atoms with Crippen LogP contribution >= 0.6 is 0 Å². The van der Waals surface area contributed by atoms with Gasteiger partial charge in [0, 0.05) is 7.05 Å². The molecule has 0 bridgehead atoms. The summed E-state index contributed by atoms with van der Waals surface area (Å²) < 4.78 is 10.3. The highest BCUT2D eigenvalue weighted by molar-refractivity contribution is 6.35. The molecule has 8 nitrogen and oxygen atoms in total. The number of benzene rings is 2. The molecular weight excluding hydrogens is 424 g/mol.